The van der Waals surface area contributed by atoms with Crippen LogP contribution in [0.15, 0.2) is 36.5 Å². The van der Waals surface area contributed by atoms with Gasteiger partial charge in [-0.25, -0.2) is 4.98 Å². The molecule has 138 valence electrons. The summed E-state index contributed by atoms with van der Waals surface area (Å²) in [5.74, 6) is -0.0299. The van der Waals surface area contributed by atoms with E-state index in [1.807, 2.05) is 49.2 Å². The van der Waals surface area contributed by atoms with Gasteiger partial charge in [-0.15, -0.1) is 0 Å². The molecule has 4 rings (SSSR count). The molecular weight excluding hydrogens is 342 g/mol. The van der Waals surface area contributed by atoms with Gasteiger partial charge >= 0.3 is 0 Å². The fraction of sp³-hybridized carbons (Fsp3) is 0.300. The number of aromatic nitrogens is 3. The molecule has 2 amide bonds. The molecule has 0 aliphatic carbocycles. The number of benzene rings is 1. The molecule has 27 heavy (non-hydrogen) atoms. The maximum absolute atomic E-state index is 12.6. The Kier molecular flexibility index (Phi) is 4.35. The van der Waals surface area contributed by atoms with Crippen LogP contribution in [0.5, 0.6) is 0 Å². The van der Waals surface area contributed by atoms with Crippen molar-refractivity contribution >= 4 is 28.5 Å². The zero-order valence-electron chi connectivity index (χ0n) is 15.4. The molecule has 1 aliphatic rings. The Balaban J connectivity index is 1.52. The SMILES string of the molecule is Cc1nn(C)c2ncc(C(=O)Nc3cccc(CN4CCCC4=O)c3)cc12. The molecule has 3 aromatic rings. The minimum absolute atomic E-state index is 0.190. The number of carbonyl (C=O) groups excluding carboxylic acids is 2. The average Bonchev–Trinajstić information content (AvgIpc) is 3.18. The van der Waals surface area contributed by atoms with Crippen LogP contribution in [-0.4, -0.2) is 38.0 Å². The van der Waals surface area contributed by atoms with Gasteiger partial charge in [0.15, 0.2) is 5.65 Å². The number of aryl methyl sites for hydroxylation is 2. The van der Waals surface area contributed by atoms with Crippen molar-refractivity contribution in [1.82, 2.24) is 19.7 Å². The highest BCUT2D eigenvalue weighted by Gasteiger charge is 2.20. The topological polar surface area (TPSA) is 80.1 Å². The Hall–Kier alpha value is -3.22. The normalized spacial score (nSPS) is 14.1. The summed E-state index contributed by atoms with van der Waals surface area (Å²) < 4.78 is 1.70. The molecule has 0 atom stereocenters. The van der Waals surface area contributed by atoms with E-state index in [2.05, 4.69) is 15.4 Å². The lowest BCUT2D eigenvalue weighted by Gasteiger charge is -2.16. The van der Waals surface area contributed by atoms with E-state index in [-0.39, 0.29) is 11.8 Å². The predicted octanol–water partition coefficient (Wildman–Crippen LogP) is 2.65. The number of pyridine rings is 1. The van der Waals surface area contributed by atoms with E-state index in [0.29, 0.717) is 24.2 Å². The summed E-state index contributed by atoms with van der Waals surface area (Å²) in [6, 6.07) is 9.41. The number of anilines is 1. The van der Waals surface area contributed by atoms with Gasteiger partial charge in [-0.05, 0) is 37.1 Å². The van der Waals surface area contributed by atoms with Gasteiger partial charge in [0.25, 0.3) is 5.91 Å². The smallest absolute Gasteiger partial charge is 0.257 e. The van der Waals surface area contributed by atoms with Crippen LogP contribution in [0.3, 0.4) is 0 Å². The summed E-state index contributed by atoms with van der Waals surface area (Å²) in [7, 11) is 1.83. The van der Waals surface area contributed by atoms with Crippen molar-refractivity contribution < 1.29 is 9.59 Å². The van der Waals surface area contributed by atoms with Crippen LogP contribution in [0.2, 0.25) is 0 Å². The number of rotatable bonds is 4. The maximum Gasteiger partial charge on any atom is 0.257 e. The van der Waals surface area contributed by atoms with Crippen molar-refractivity contribution in [3.8, 4) is 0 Å². The Morgan fingerprint density at radius 1 is 1.30 bits per heavy atom. The lowest BCUT2D eigenvalue weighted by Crippen LogP contribution is -2.23. The average molecular weight is 363 g/mol. The Labute approximate surface area is 157 Å². The summed E-state index contributed by atoms with van der Waals surface area (Å²) >= 11 is 0. The highest BCUT2D eigenvalue weighted by atomic mass is 16.2. The molecule has 1 saturated heterocycles. The van der Waals surface area contributed by atoms with Crippen LogP contribution in [0.1, 0.15) is 34.5 Å². The molecule has 1 fully saturated rings. The third-order valence-corrected chi connectivity index (χ3v) is 4.85. The molecular formula is C20H21N5O2. The first-order valence-electron chi connectivity index (χ1n) is 8.99. The first-order valence-corrected chi connectivity index (χ1v) is 8.99. The third-order valence-electron chi connectivity index (χ3n) is 4.85. The quantitative estimate of drug-likeness (QED) is 0.773. The molecule has 1 aromatic carbocycles. The van der Waals surface area contributed by atoms with Gasteiger partial charge in [0, 0.05) is 43.8 Å². The fourth-order valence-electron chi connectivity index (χ4n) is 3.47. The van der Waals surface area contributed by atoms with Gasteiger partial charge in [0.05, 0.1) is 11.3 Å². The second-order valence-corrected chi connectivity index (χ2v) is 6.88. The minimum Gasteiger partial charge on any atom is -0.338 e. The van der Waals surface area contributed by atoms with Crippen LogP contribution in [-0.2, 0) is 18.4 Å². The standard InChI is InChI=1S/C20H21N5O2/c1-13-17-10-15(11-21-19(17)24(2)23-13)20(27)22-16-6-3-5-14(9-16)12-25-8-4-7-18(25)26/h3,5-6,9-11H,4,7-8,12H2,1-2H3,(H,22,27). The lowest BCUT2D eigenvalue weighted by molar-refractivity contribution is -0.128. The minimum atomic E-state index is -0.220. The Morgan fingerprint density at radius 3 is 2.93 bits per heavy atom. The van der Waals surface area contributed by atoms with Gasteiger partial charge in [-0.1, -0.05) is 12.1 Å². The van der Waals surface area contributed by atoms with E-state index < -0.39 is 0 Å². The van der Waals surface area contributed by atoms with Crippen LogP contribution >= 0.6 is 0 Å². The first kappa shape index (κ1) is 17.2. The van der Waals surface area contributed by atoms with Crippen molar-refractivity contribution in [3.05, 3.63) is 53.3 Å². The summed E-state index contributed by atoms with van der Waals surface area (Å²) in [4.78, 5) is 30.7. The summed E-state index contributed by atoms with van der Waals surface area (Å²) in [5, 5.41) is 8.11. The van der Waals surface area contributed by atoms with E-state index in [9.17, 15) is 9.59 Å². The molecule has 0 unspecified atom stereocenters. The van der Waals surface area contributed by atoms with Crippen molar-refractivity contribution in [3.63, 3.8) is 0 Å². The van der Waals surface area contributed by atoms with Crippen LogP contribution in [0.4, 0.5) is 5.69 Å². The van der Waals surface area contributed by atoms with Crippen molar-refractivity contribution in [1.29, 1.82) is 0 Å². The summed E-state index contributed by atoms with van der Waals surface area (Å²) in [6.07, 6.45) is 3.10. The summed E-state index contributed by atoms with van der Waals surface area (Å²) in [6.45, 7) is 3.27. The van der Waals surface area contributed by atoms with Gasteiger partial charge in [0.1, 0.15) is 0 Å². The highest BCUT2D eigenvalue weighted by molar-refractivity contribution is 6.05. The number of likely N-dealkylation sites (tertiary alicyclic amines) is 1. The molecule has 0 radical (unpaired) electrons. The number of fused-ring (bicyclic) bond motifs is 1. The third kappa shape index (κ3) is 3.40. The second-order valence-electron chi connectivity index (χ2n) is 6.88. The zero-order chi connectivity index (χ0) is 19.0. The molecule has 1 aliphatic heterocycles. The number of nitrogens with one attached hydrogen (secondary N) is 1. The van der Waals surface area contributed by atoms with Gasteiger partial charge in [-0.3, -0.25) is 14.3 Å². The number of hydrogen-bond acceptors (Lipinski definition) is 4. The first-order chi connectivity index (χ1) is 13.0. The fourth-order valence-corrected chi connectivity index (χ4v) is 3.47. The lowest BCUT2D eigenvalue weighted by atomic mass is 10.1. The van der Waals surface area contributed by atoms with Crippen molar-refractivity contribution in [2.75, 3.05) is 11.9 Å². The van der Waals surface area contributed by atoms with Crippen LogP contribution in [0, 0.1) is 6.92 Å². The van der Waals surface area contributed by atoms with Gasteiger partial charge in [0.2, 0.25) is 5.91 Å². The van der Waals surface area contributed by atoms with E-state index in [0.717, 1.165) is 35.3 Å². The molecule has 0 saturated carbocycles. The zero-order valence-corrected chi connectivity index (χ0v) is 15.4. The molecule has 3 heterocycles. The van der Waals surface area contributed by atoms with Gasteiger partial charge in [-0.2, -0.15) is 5.10 Å². The van der Waals surface area contributed by atoms with E-state index in [1.165, 1.54) is 0 Å². The number of amides is 2. The van der Waals surface area contributed by atoms with E-state index in [1.54, 1.807) is 10.9 Å². The Morgan fingerprint density at radius 2 is 2.15 bits per heavy atom. The number of hydrogen-bond donors (Lipinski definition) is 1. The highest BCUT2D eigenvalue weighted by Crippen LogP contribution is 2.19. The second kappa shape index (κ2) is 6.83. The molecule has 0 bridgehead atoms. The maximum atomic E-state index is 12.6. The monoisotopic (exact) mass is 363 g/mol. The molecule has 7 heteroatoms. The predicted molar refractivity (Wildman–Crippen MR) is 102 cm³/mol. The molecule has 0 spiro atoms. The van der Waals surface area contributed by atoms with Crippen LogP contribution < -0.4 is 5.32 Å². The number of nitrogens with zero attached hydrogens (tertiary/aromatic N) is 4. The largest absolute Gasteiger partial charge is 0.338 e. The number of carbonyl (C=O) groups is 2. The van der Waals surface area contributed by atoms with E-state index >= 15 is 0 Å². The van der Waals surface area contributed by atoms with Crippen molar-refractivity contribution in [2.24, 2.45) is 7.05 Å². The molecule has 2 aromatic heterocycles. The molecule has 7 nitrogen and oxygen atoms in total. The van der Waals surface area contributed by atoms with Gasteiger partial charge < -0.3 is 10.2 Å². The van der Waals surface area contributed by atoms with E-state index in [4.69, 9.17) is 0 Å². The summed E-state index contributed by atoms with van der Waals surface area (Å²) in [5.41, 5.74) is 3.78. The van der Waals surface area contributed by atoms with Crippen LogP contribution in [0.25, 0.3) is 11.0 Å². The molecule has 1 N–H and O–H groups in total. The van der Waals surface area contributed by atoms with Crippen molar-refractivity contribution in [2.45, 2.75) is 26.3 Å². The Bertz CT molecular complexity index is 1040.